The zero-order chi connectivity index (χ0) is 15.0. The molecule has 114 valence electrons. The Labute approximate surface area is 124 Å². The van der Waals surface area contributed by atoms with Gasteiger partial charge in [0.1, 0.15) is 5.82 Å². The first-order valence-electron chi connectivity index (χ1n) is 7.89. The van der Waals surface area contributed by atoms with Crippen LogP contribution in [0.4, 0.5) is 5.82 Å². The summed E-state index contributed by atoms with van der Waals surface area (Å²) in [6.07, 6.45) is 7.27. The van der Waals surface area contributed by atoms with E-state index in [0.29, 0.717) is 12.1 Å². The maximum Gasteiger partial charge on any atom is 0.147 e. The lowest BCUT2D eigenvalue weighted by Gasteiger charge is -2.29. The van der Waals surface area contributed by atoms with Crippen molar-refractivity contribution in [3.05, 3.63) is 18.1 Å². The van der Waals surface area contributed by atoms with Crippen LogP contribution in [0.2, 0.25) is 0 Å². The van der Waals surface area contributed by atoms with Crippen molar-refractivity contribution in [1.82, 2.24) is 15.3 Å². The molecule has 0 amide bonds. The molecule has 0 fully saturated rings. The van der Waals surface area contributed by atoms with Crippen molar-refractivity contribution < 1.29 is 0 Å². The molecule has 1 atom stereocenters. The Morgan fingerprint density at radius 3 is 2.55 bits per heavy atom. The van der Waals surface area contributed by atoms with E-state index in [1.54, 1.807) is 0 Å². The lowest BCUT2D eigenvalue weighted by Crippen LogP contribution is -2.34. The van der Waals surface area contributed by atoms with Gasteiger partial charge < -0.3 is 10.2 Å². The molecule has 0 aliphatic carbocycles. The van der Waals surface area contributed by atoms with E-state index in [1.807, 2.05) is 12.4 Å². The lowest BCUT2D eigenvalue weighted by molar-refractivity contribution is 0.570. The Bertz CT molecular complexity index is 378. The average Bonchev–Trinajstić information content (AvgIpc) is 2.45. The molecular weight excluding hydrogens is 248 g/mol. The number of hydrogen-bond acceptors (Lipinski definition) is 4. The number of aromatic nitrogens is 2. The maximum absolute atomic E-state index is 4.77. The maximum atomic E-state index is 4.77. The Kier molecular flexibility index (Phi) is 7.52. The summed E-state index contributed by atoms with van der Waals surface area (Å²) in [6.45, 7) is 12.8. The fourth-order valence-electron chi connectivity index (χ4n) is 2.04. The molecule has 0 aromatic carbocycles. The first-order chi connectivity index (χ1) is 9.58. The number of hydrogen-bond donors (Lipinski definition) is 1. The second-order valence-electron chi connectivity index (χ2n) is 5.71. The van der Waals surface area contributed by atoms with Gasteiger partial charge >= 0.3 is 0 Å². The number of nitrogens with zero attached hydrogens (tertiary/aromatic N) is 3. The molecule has 1 aromatic heterocycles. The molecule has 1 unspecified atom stereocenters. The Morgan fingerprint density at radius 1 is 1.20 bits per heavy atom. The Balaban J connectivity index is 2.81. The quantitative estimate of drug-likeness (QED) is 0.752. The molecule has 4 nitrogen and oxygen atoms in total. The van der Waals surface area contributed by atoms with E-state index >= 15 is 0 Å². The SMILES string of the molecule is CCCCN(c1cncc(CNC(C)C)n1)C(C)CC. The molecule has 0 saturated carbocycles. The van der Waals surface area contributed by atoms with Crippen LogP contribution in [0, 0.1) is 0 Å². The molecule has 1 N–H and O–H groups in total. The topological polar surface area (TPSA) is 41.1 Å². The van der Waals surface area contributed by atoms with Crippen LogP contribution in [0.15, 0.2) is 12.4 Å². The minimum atomic E-state index is 0.464. The van der Waals surface area contributed by atoms with Crippen molar-refractivity contribution in [2.45, 2.75) is 72.5 Å². The average molecular weight is 278 g/mol. The summed E-state index contributed by atoms with van der Waals surface area (Å²) in [5, 5.41) is 3.39. The van der Waals surface area contributed by atoms with E-state index in [1.165, 1.54) is 12.8 Å². The largest absolute Gasteiger partial charge is 0.353 e. The van der Waals surface area contributed by atoms with E-state index in [9.17, 15) is 0 Å². The summed E-state index contributed by atoms with van der Waals surface area (Å²) in [6, 6.07) is 0.968. The zero-order valence-electron chi connectivity index (χ0n) is 13.7. The van der Waals surface area contributed by atoms with Gasteiger partial charge in [-0.15, -0.1) is 0 Å². The van der Waals surface area contributed by atoms with Gasteiger partial charge in [0.2, 0.25) is 0 Å². The predicted molar refractivity (Wildman–Crippen MR) is 86.0 cm³/mol. The standard InChI is InChI=1S/C16H30N4/c1-6-8-9-20(14(5)7-2)16-12-17-10-15(19-16)11-18-13(3)4/h10,12-14,18H,6-9,11H2,1-5H3. The van der Waals surface area contributed by atoms with Crippen molar-refractivity contribution in [3.8, 4) is 0 Å². The third kappa shape index (κ3) is 5.45. The lowest BCUT2D eigenvalue weighted by atomic mass is 10.2. The van der Waals surface area contributed by atoms with Crippen molar-refractivity contribution >= 4 is 5.82 Å². The molecule has 0 radical (unpaired) electrons. The number of nitrogens with one attached hydrogen (secondary N) is 1. The van der Waals surface area contributed by atoms with Crippen molar-refractivity contribution in [2.75, 3.05) is 11.4 Å². The van der Waals surface area contributed by atoms with Crippen LogP contribution in [-0.2, 0) is 6.54 Å². The van der Waals surface area contributed by atoms with Crippen molar-refractivity contribution in [2.24, 2.45) is 0 Å². The molecule has 1 heterocycles. The smallest absolute Gasteiger partial charge is 0.147 e. The van der Waals surface area contributed by atoms with Gasteiger partial charge in [0, 0.05) is 31.4 Å². The molecule has 0 spiro atoms. The number of anilines is 1. The van der Waals surface area contributed by atoms with Gasteiger partial charge in [-0.05, 0) is 19.8 Å². The summed E-state index contributed by atoms with van der Waals surface area (Å²) in [5.41, 5.74) is 1.01. The van der Waals surface area contributed by atoms with Crippen molar-refractivity contribution in [1.29, 1.82) is 0 Å². The molecule has 20 heavy (non-hydrogen) atoms. The third-order valence-electron chi connectivity index (χ3n) is 3.53. The van der Waals surface area contributed by atoms with Gasteiger partial charge in [-0.2, -0.15) is 0 Å². The highest BCUT2D eigenvalue weighted by Crippen LogP contribution is 2.16. The summed E-state index contributed by atoms with van der Waals surface area (Å²) in [4.78, 5) is 11.5. The number of rotatable bonds is 9. The molecule has 0 bridgehead atoms. The fourth-order valence-corrected chi connectivity index (χ4v) is 2.04. The molecule has 0 saturated heterocycles. The summed E-state index contributed by atoms with van der Waals surface area (Å²) >= 11 is 0. The van der Waals surface area contributed by atoms with Crippen LogP contribution in [0.3, 0.4) is 0 Å². The van der Waals surface area contributed by atoms with Gasteiger partial charge in [0.25, 0.3) is 0 Å². The molecule has 1 aromatic rings. The van der Waals surface area contributed by atoms with E-state index < -0.39 is 0 Å². The van der Waals surface area contributed by atoms with E-state index in [0.717, 1.165) is 31.0 Å². The Hall–Kier alpha value is -1.16. The van der Waals surface area contributed by atoms with Gasteiger partial charge in [-0.25, -0.2) is 4.98 Å². The first kappa shape index (κ1) is 16.9. The predicted octanol–water partition coefficient (Wildman–Crippen LogP) is 3.38. The van der Waals surface area contributed by atoms with Crippen LogP contribution >= 0.6 is 0 Å². The van der Waals surface area contributed by atoms with E-state index in [2.05, 4.69) is 49.8 Å². The minimum absolute atomic E-state index is 0.464. The van der Waals surface area contributed by atoms with Crippen LogP contribution in [0.25, 0.3) is 0 Å². The fraction of sp³-hybridized carbons (Fsp3) is 0.750. The minimum Gasteiger partial charge on any atom is -0.353 e. The molecular formula is C16H30N4. The molecule has 1 rings (SSSR count). The van der Waals surface area contributed by atoms with E-state index in [-0.39, 0.29) is 0 Å². The second-order valence-corrected chi connectivity index (χ2v) is 5.71. The normalized spacial score (nSPS) is 12.7. The summed E-state index contributed by atoms with van der Waals surface area (Å²) in [5.74, 6) is 1.01. The highest BCUT2D eigenvalue weighted by atomic mass is 15.2. The van der Waals surface area contributed by atoms with Gasteiger partial charge in [0.05, 0.1) is 11.9 Å². The van der Waals surface area contributed by atoms with Crippen LogP contribution in [-0.4, -0.2) is 28.6 Å². The summed E-state index contributed by atoms with van der Waals surface area (Å²) < 4.78 is 0. The Morgan fingerprint density at radius 2 is 1.95 bits per heavy atom. The third-order valence-corrected chi connectivity index (χ3v) is 3.53. The van der Waals surface area contributed by atoms with E-state index in [4.69, 9.17) is 4.98 Å². The zero-order valence-corrected chi connectivity index (χ0v) is 13.7. The first-order valence-corrected chi connectivity index (χ1v) is 7.89. The van der Waals surface area contributed by atoms with Gasteiger partial charge in [0.15, 0.2) is 0 Å². The molecule has 4 heteroatoms. The second kappa shape index (κ2) is 8.90. The van der Waals surface area contributed by atoms with Crippen molar-refractivity contribution in [3.63, 3.8) is 0 Å². The highest BCUT2D eigenvalue weighted by molar-refractivity contribution is 5.37. The molecule has 0 aliphatic rings. The molecule has 0 aliphatic heterocycles. The monoisotopic (exact) mass is 278 g/mol. The van der Waals surface area contributed by atoms with Crippen LogP contribution < -0.4 is 10.2 Å². The van der Waals surface area contributed by atoms with Crippen LogP contribution in [0.1, 0.15) is 59.6 Å². The summed E-state index contributed by atoms with van der Waals surface area (Å²) in [7, 11) is 0. The van der Waals surface area contributed by atoms with Gasteiger partial charge in [-0.1, -0.05) is 34.1 Å². The highest BCUT2D eigenvalue weighted by Gasteiger charge is 2.14. The van der Waals surface area contributed by atoms with Gasteiger partial charge in [-0.3, -0.25) is 4.98 Å². The van der Waals surface area contributed by atoms with Crippen LogP contribution in [0.5, 0.6) is 0 Å². The number of unbranched alkanes of at least 4 members (excludes halogenated alkanes) is 1.